The molecule has 1 aromatic rings. The van der Waals surface area contributed by atoms with Crippen molar-refractivity contribution in [1.82, 2.24) is 4.98 Å². The van der Waals surface area contributed by atoms with Crippen molar-refractivity contribution in [3.05, 3.63) is 52.9 Å². The number of carbonyl (C=O) groups is 1. The van der Waals surface area contributed by atoms with Crippen LogP contribution in [0.1, 0.15) is 11.5 Å². The molecule has 94 valence electrons. The quantitative estimate of drug-likeness (QED) is 0.742. The fraction of sp³-hybridized carbons (Fsp3) is 0.154. The highest BCUT2D eigenvalue weighted by molar-refractivity contribution is 5.94. The number of nitriles is 1. The first kappa shape index (κ1) is 11.3. The molecule has 0 fully saturated rings. The predicted molar refractivity (Wildman–Crippen MR) is 62.9 cm³/mol. The summed E-state index contributed by atoms with van der Waals surface area (Å²) in [4.78, 5) is 15.7. The lowest BCUT2D eigenvalue weighted by atomic mass is 9.84. The molecule has 0 saturated carbocycles. The molecule has 0 bridgehead atoms. The van der Waals surface area contributed by atoms with Gasteiger partial charge in [0.2, 0.25) is 5.88 Å². The maximum absolute atomic E-state index is 11.8. The van der Waals surface area contributed by atoms with E-state index in [1.165, 1.54) is 0 Å². The van der Waals surface area contributed by atoms with Gasteiger partial charge >= 0.3 is 5.97 Å². The van der Waals surface area contributed by atoms with Gasteiger partial charge in [0.15, 0.2) is 5.76 Å². The van der Waals surface area contributed by atoms with E-state index in [0.717, 1.165) is 5.56 Å². The lowest BCUT2D eigenvalue weighted by molar-refractivity contribution is -0.136. The normalized spacial score (nSPS) is 21.6. The minimum absolute atomic E-state index is 0.0152. The Kier molecular flexibility index (Phi) is 2.46. The van der Waals surface area contributed by atoms with Crippen molar-refractivity contribution in [2.24, 2.45) is 5.73 Å². The first-order valence-electron chi connectivity index (χ1n) is 5.60. The van der Waals surface area contributed by atoms with Crippen molar-refractivity contribution < 1.29 is 14.3 Å². The number of cyclic esters (lactones) is 1. The van der Waals surface area contributed by atoms with Gasteiger partial charge in [0.25, 0.3) is 0 Å². The second-order valence-corrected chi connectivity index (χ2v) is 4.12. The Bertz CT molecular complexity index is 655. The molecule has 3 heterocycles. The Balaban J connectivity index is 2.18. The van der Waals surface area contributed by atoms with E-state index in [1.54, 1.807) is 24.5 Å². The minimum Gasteiger partial charge on any atom is -0.454 e. The fourth-order valence-electron chi connectivity index (χ4n) is 2.25. The molecule has 0 amide bonds. The highest BCUT2D eigenvalue weighted by atomic mass is 16.6. The standard InChI is InChI=1S/C13H9N3O3/c14-5-8-10(7-1-3-16-4-2-7)11-9(19-12(8)15)6-18-13(11)17/h1-4,10H,6,15H2/t10-/m1/s1. The van der Waals surface area contributed by atoms with E-state index in [4.69, 9.17) is 15.2 Å². The molecule has 19 heavy (non-hydrogen) atoms. The van der Waals surface area contributed by atoms with Gasteiger partial charge in [-0.05, 0) is 17.7 Å². The molecule has 1 aromatic heterocycles. The maximum atomic E-state index is 11.8. The van der Waals surface area contributed by atoms with Crippen LogP contribution in [0, 0.1) is 11.3 Å². The zero-order valence-electron chi connectivity index (χ0n) is 9.79. The topological polar surface area (TPSA) is 98.2 Å². The molecule has 2 aliphatic heterocycles. The summed E-state index contributed by atoms with van der Waals surface area (Å²) < 4.78 is 10.2. The van der Waals surface area contributed by atoms with Gasteiger partial charge in [0.05, 0.1) is 11.5 Å². The second kappa shape index (κ2) is 4.14. The Morgan fingerprint density at radius 3 is 2.84 bits per heavy atom. The van der Waals surface area contributed by atoms with Crippen molar-refractivity contribution in [3.63, 3.8) is 0 Å². The summed E-state index contributed by atoms with van der Waals surface area (Å²) in [5, 5.41) is 9.24. The molecular formula is C13H9N3O3. The molecular weight excluding hydrogens is 246 g/mol. The molecule has 2 N–H and O–H groups in total. The first-order chi connectivity index (χ1) is 9.22. The van der Waals surface area contributed by atoms with Crippen LogP contribution in [0.3, 0.4) is 0 Å². The van der Waals surface area contributed by atoms with Gasteiger partial charge in [-0.25, -0.2) is 4.79 Å². The molecule has 2 aliphatic rings. The van der Waals surface area contributed by atoms with Crippen LogP contribution in [0.15, 0.2) is 47.3 Å². The Labute approximate surface area is 108 Å². The summed E-state index contributed by atoms with van der Waals surface area (Å²) in [6, 6.07) is 5.47. The summed E-state index contributed by atoms with van der Waals surface area (Å²) in [5.41, 5.74) is 7.05. The van der Waals surface area contributed by atoms with Gasteiger partial charge in [-0.1, -0.05) is 0 Å². The van der Waals surface area contributed by atoms with Gasteiger partial charge in [-0.3, -0.25) is 4.98 Å². The number of nitrogens with two attached hydrogens (primary N) is 1. The highest BCUT2D eigenvalue weighted by Crippen LogP contribution is 2.41. The van der Waals surface area contributed by atoms with E-state index >= 15 is 0 Å². The smallest absolute Gasteiger partial charge is 0.339 e. The largest absolute Gasteiger partial charge is 0.454 e. The van der Waals surface area contributed by atoms with E-state index < -0.39 is 11.9 Å². The molecule has 0 saturated heterocycles. The van der Waals surface area contributed by atoms with Crippen LogP contribution < -0.4 is 5.73 Å². The van der Waals surface area contributed by atoms with Gasteiger partial charge in [0.1, 0.15) is 18.2 Å². The van der Waals surface area contributed by atoms with Crippen LogP contribution in [-0.2, 0) is 14.3 Å². The summed E-state index contributed by atoms with van der Waals surface area (Å²) in [5.74, 6) is -0.631. The molecule has 6 nitrogen and oxygen atoms in total. The van der Waals surface area contributed by atoms with Crippen LogP contribution in [0.4, 0.5) is 0 Å². The molecule has 0 aliphatic carbocycles. The summed E-state index contributed by atoms with van der Waals surface area (Å²) in [7, 11) is 0. The Morgan fingerprint density at radius 2 is 2.16 bits per heavy atom. The van der Waals surface area contributed by atoms with Crippen LogP contribution >= 0.6 is 0 Å². The summed E-state index contributed by atoms with van der Waals surface area (Å²) >= 11 is 0. The number of aromatic nitrogens is 1. The summed E-state index contributed by atoms with van der Waals surface area (Å²) in [6.45, 7) is 0.0508. The van der Waals surface area contributed by atoms with Gasteiger partial charge in [-0.15, -0.1) is 0 Å². The van der Waals surface area contributed by atoms with E-state index in [-0.39, 0.29) is 18.1 Å². The van der Waals surface area contributed by atoms with Gasteiger partial charge in [-0.2, -0.15) is 5.26 Å². The van der Waals surface area contributed by atoms with Crippen molar-refractivity contribution in [2.75, 3.05) is 6.61 Å². The predicted octanol–water partition coefficient (Wildman–Crippen LogP) is 0.700. The lowest BCUT2D eigenvalue weighted by Crippen LogP contribution is -2.21. The first-order valence-corrected chi connectivity index (χ1v) is 5.60. The zero-order chi connectivity index (χ0) is 13.4. The Hall–Kier alpha value is -2.81. The number of esters is 1. The van der Waals surface area contributed by atoms with Crippen LogP contribution in [-0.4, -0.2) is 17.6 Å². The van der Waals surface area contributed by atoms with Crippen molar-refractivity contribution in [3.8, 4) is 6.07 Å². The number of rotatable bonds is 1. The number of hydrogen-bond donors (Lipinski definition) is 1. The lowest BCUT2D eigenvalue weighted by Gasteiger charge is -2.23. The fourth-order valence-corrected chi connectivity index (χ4v) is 2.25. The molecule has 0 unspecified atom stereocenters. The number of allylic oxidation sites excluding steroid dienone is 1. The summed E-state index contributed by atoms with van der Waals surface area (Å²) in [6.07, 6.45) is 3.19. The van der Waals surface area contributed by atoms with Gasteiger partial charge in [0, 0.05) is 12.4 Å². The van der Waals surface area contributed by atoms with E-state index in [1.807, 2.05) is 6.07 Å². The highest BCUT2D eigenvalue weighted by Gasteiger charge is 2.41. The molecule has 6 heteroatoms. The zero-order valence-corrected chi connectivity index (χ0v) is 9.79. The Morgan fingerprint density at radius 1 is 1.42 bits per heavy atom. The van der Waals surface area contributed by atoms with E-state index in [0.29, 0.717) is 11.3 Å². The number of carbonyl (C=O) groups excluding carboxylic acids is 1. The monoisotopic (exact) mass is 255 g/mol. The van der Waals surface area contributed by atoms with E-state index in [9.17, 15) is 10.1 Å². The number of ether oxygens (including phenoxy) is 2. The molecule has 0 spiro atoms. The third-order valence-electron chi connectivity index (χ3n) is 3.09. The van der Waals surface area contributed by atoms with E-state index in [2.05, 4.69) is 4.98 Å². The number of pyridine rings is 1. The van der Waals surface area contributed by atoms with Crippen LogP contribution in [0.2, 0.25) is 0 Å². The van der Waals surface area contributed by atoms with Crippen LogP contribution in [0.5, 0.6) is 0 Å². The van der Waals surface area contributed by atoms with Crippen molar-refractivity contribution in [2.45, 2.75) is 5.92 Å². The third kappa shape index (κ3) is 1.64. The van der Waals surface area contributed by atoms with Crippen molar-refractivity contribution >= 4 is 5.97 Å². The average Bonchev–Trinajstić information content (AvgIpc) is 2.79. The average molecular weight is 255 g/mol. The third-order valence-corrected chi connectivity index (χ3v) is 3.09. The minimum atomic E-state index is -0.549. The van der Waals surface area contributed by atoms with Crippen molar-refractivity contribution in [1.29, 1.82) is 5.26 Å². The second-order valence-electron chi connectivity index (χ2n) is 4.12. The van der Waals surface area contributed by atoms with Crippen LogP contribution in [0.25, 0.3) is 0 Å². The maximum Gasteiger partial charge on any atom is 0.339 e. The number of hydrogen-bond acceptors (Lipinski definition) is 6. The molecule has 3 rings (SSSR count). The molecule has 0 aromatic carbocycles. The molecule has 0 radical (unpaired) electrons. The van der Waals surface area contributed by atoms with Gasteiger partial charge < -0.3 is 15.2 Å². The number of nitrogens with zero attached hydrogens (tertiary/aromatic N) is 2. The molecule has 1 atom stereocenters. The SMILES string of the molecule is N#CC1=C(N)OC2=C(C(=O)OC2)[C@@H]1c1ccncc1.